The van der Waals surface area contributed by atoms with E-state index in [4.69, 9.17) is 0 Å². The van der Waals surface area contributed by atoms with E-state index in [-0.39, 0.29) is 6.04 Å². The second-order valence-electron chi connectivity index (χ2n) is 4.54. The number of aliphatic hydroxyl groups is 1. The molecule has 0 aliphatic rings. The highest BCUT2D eigenvalue weighted by Crippen LogP contribution is 2.21. The SMILES string of the molecule is Cc1cc(Br)cc(NC(C)C(C)(C)O)c1. The largest absolute Gasteiger partial charge is 0.388 e. The maximum Gasteiger partial charge on any atom is 0.0789 e. The number of aryl methyl sites for hydroxylation is 1. The van der Waals surface area contributed by atoms with Gasteiger partial charge in [0.15, 0.2) is 0 Å². The first-order chi connectivity index (χ1) is 6.79. The van der Waals surface area contributed by atoms with E-state index in [2.05, 4.69) is 33.4 Å². The second-order valence-corrected chi connectivity index (χ2v) is 5.45. The summed E-state index contributed by atoms with van der Waals surface area (Å²) in [7, 11) is 0. The molecule has 0 aromatic heterocycles. The first-order valence-corrected chi connectivity index (χ1v) is 5.84. The van der Waals surface area contributed by atoms with Gasteiger partial charge in [0.1, 0.15) is 0 Å². The van der Waals surface area contributed by atoms with Crippen LogP contribution in [0.3, 0.4) is 0 Å². The Morgan fingerprint density at radius 2 is 1.93 bits per heavy atom. The molecule has 2 nitrogen and oxygen atoms in total. The van der Waals surface area contributed by atoms with Gasteiger partial charge < -0.3 is 10.4 Å². The van der Waals surface area contributed by atoms with E-state index in [0.717, 1.165) is 10.2 Å². The molecule has 0 amide bonds. The van der Waals surface area contributed by atoms with Crippen LogP contribution in [0.1, 0.15) is 26.3 Å². The Hall–Kier alpha value is -0.540. The summed E-state index contributed by atoms with van der Waals surface area (Å²) in [6.07, 6.45) is 0. The van der Waals surface area contributed by atoms with Crippen molar-refractivity contribution in [2.45, 2.75) is 39.3 Å². The zero-order valence-electron chi connectivity index (χ0n) is 9.63. The van der Waals surface area contributed by atoms with E-state index >= 15 is 0 Å². The molecule has 0 bridgehead atoms. The van der Waals surface area contributed by atoms with Crippen molar-refractivity contribution in [3.05, 3.63) is 28.2 Å². The van der Waals surface area contributed by atoms with Gasteiger partial charge in [-0.2, -0.15) is 0 Å². The second kappa shape index (κ2) is 4.54. The molecular weight excluding hydrogens is 254 g/mol. The lowest BCUT2D eigenvalue weighted by Crippen LogP contribution is -2.39. The van der Waals surface area contributed by atoms with Crippen LogP contribution in [0.15, 0.2) is 22.7 Å². The van der Waals surface area contributed by atoms with Crippen molar-refractivity contribution in [3.8, 4) is 0 Å². The van der Waals surface area contributed by atoms with E-state index in [1.165, 1.54) is 5.56 Å². The molecule has 3 heteroatoms. The molecule has 1 aromatic rings. The summed E-state index contributed by atoms with van der Waals surface area (Å²) in [6.45, 7) is 7.62. The zero-order chi connectivity index (χ0) is 11.6. The van der Waals surface area contributed by atoms with Crippen LogP contribution >= 0.6 is 15.9 Å². The fourth-order valence-electron chi connectivity index (χ4n) is 1.25. The number of rotatable bonds is 3. The predicted octanol–water partition coefficient (Wildman–Crippen LogP) is 3.33. The van der Waals surface area contributed by atoms with Crippen LogP contribution in [0.5, 0.6) is 0 Å². The molecule has 1 atom stereocenters. The third-order valence-electron chi connectivity index (χ3n) is 2.48. The fourth-order valence-corrected chi connectivity index (χ4v) is 1.85. The third kappa shape index (κ3) is 3.84. The molecule has 2 N–H and O–H groups in total. The van der Waals surface area contributed by atoms with Gasteiger partial charge in [-0.05, 0) is 51.5 Å². The van der Waals surface area contributed by atoms with Crippen LogP contribution in [-0.4, -0.2) is 16.7 Å². The lowest BCUT2D eigenvalue weighted by Gasteiger charge is -2.27. The monoisotopic (exact) mass is 271 g/mol. The van der Waals surface area contributed by atoms with E-state index in [0.29, 0.717) is 0 Å². The molecule has 15 heavy (non-hydrogen) atoms. The molecular formula is C12H18BrNO. The van der Waals surface area contributed by atoms with Crippen molar-refractivity contribution in [2.24, 2.45) is 0 Å². The standard InChI is InChI=1S/C12H18BrNO/c1-8-5-10(13)7-11(6-8)14-9(2)12(3,4)15/h5-7,9,14-15H,1-4H3. The lowest BCUT2D eigenvalue weighted by molar-refractivity contribution is 0.0649. The van der Waals surface area contributed by atoms with E-state index in [9.17, 15) is 5.11 Å². The Kier molecular flexibility index (Phi) is 3.79. The van der Waals surface area contributed by atoms with E-state index < -0.39 is 5.60 Å². The van der Waals surface area contributed by atoms with Crippen LogP contribution in [0.2, 0.25) is 0 Å². The molecule has 84 valence electrons. The van der Waals surface area contributed by atoms with Gasteiger partial charge in [0.25, 0.3) is 0 Å². The van der Waals surface area contributed by atoms with Crippen molar-refractivity contribution in [3.63, 3.8) is 0 Å². The molecule has 1 rings (SSSR count). The molecule has 0 saturated carbocycles. The molecule has 0 fully saturated rings. The molecule has 1 unspecified atom stereocenters. The average Bonchev–Trinajstić information content (AvgIpc) is 1.99. The topological polar surface area (TPSA) is 32.3 Å². The lowest BCUT2D eigenvalue weighted by atomic mass is 10.0. The van der Waals surface area contributed by atoms with Gasteiger partial charge in [0, 0.05) is 10.2 Å². The van der Waals surface area contributed by atoms with Gasteiger partial charge in [-0.15, -0.1) is 0 Å². The van der Waals surface area contributed by atoms with Crippen molar-refractivity contribution in [1.29, 1.82) is 0 Å². The Balaban J connectivity index is 2.81. The van der Waals surface area contributed by atoms with Crippen molar-refractivity contribution in [1.82, 2.24) is 0 Å². The molecule has 0 heterocycles. The summed E-state index contributed by atoms with van der Waals surface area (Å²) in [6, 6.07) is 6.13. The number of hydrogen-bond donors (Lipinski definition) is 2. The van der Waals surface area contributed by atoms with Crippen LogP contribution in [-0.2, 0) is 0 Å². The number of halogens is 1. The third-order valence-corrected chi connectivity index (χ3v) is 2.94. The molecule has 0 radical (unpaired) electrons. The number of benzene rings is 1. The molecule has 0 saturated heterocycles. The van der Waals surface area contributed by atoms with Gasteiger partial charge in [-0.1, -0.05) is 15.9 Å². The zero-order valence-corrected chi connectivity index (χ0v) is 11.2. The smallest absolute Gasteiger partial charge is 0.0789 e. The number of hydrogen-bond acceptors (Lipinski definition) is 2. The van der Waals surface area contributed by atoms with Crippen molar-refractivity contribution < 1.29 is 5.11 Å². The average molecular weight is 272 g/mol. The van der Waals surface area contributed by atoms with Crippen LogP contribution in [0, 0.1) is 6.92 Å². The fraction of sp³-hybridized carbons (Fsp3) is 0.500. The summed E-state index contributed by atoms with van der Waals surface area (Å²) in [4.78, 5) is 0. The van der Waals surface area contributed by atoms with Gasteiger partial charge in [-0.3, -0.25) is 0 Å². The van der Waals surface area contributed by atoms with Crippen LogP contribution in [0.4, 0.5) is 5.69 Å². The van der Waals surface area contributed by atoms with Gasteiger partial charge in [-0.25, -0.2) is 0 Å². The van der Waals surface area contributed by atoms with Crippen LogP contribution in [0.25, 0.3) is 0 Å². The minimum Gasteiger partial charge on any atom is -0.388 e. The summed E-state index contributed by atoms with van der Waals surface area (Å²) >= 11 is 3.45. The van der Waals surface area contributed by atoms with Gasteiger partial charge in [0.05, 0.1) is 11.6 Å². The Morgan fingerprint density at radius 3 is 2.40 bits per heavy atom. The maximum atomic E-state index is 9.81. The first kappa shape index (κ1) is 12.5. The van der Waals surface area contributed by atoms with E-state index in [1.807, 2.05) is 19.9 Å². The highest BCUT2D eigenvalue weighted by Gasteiger charge is 2.21. The predicted molar refractivity (Wildman–Crippen MR) is 68.3 cm³/mol. The molecule has 0 aliphatic heterocycles. The minimum absolute atomic E-state index is 0.00574. The minimum atomic E-state index is -0.726. The Labute approximate surface area is 99.8 Å². The first-order valence-electron chi connectivity index (χ1n) is 5.05. The van der Waals surface area contributed by atoms with Gasteiger partial charge in [0.2, 0.25) is 0 Å². The summed E-state index contributed by atoms with van der Waals surface area (Å²) < 4.78 is 1.05. The van der Waals surface area contributed by atoms with E-state index in [1.54, 1.807) is 13.8 Å². The summed E-state index contributed by atoms with van der Waals surface area (Å²) in [5.74, 6) is 0. The highest BCUT2D eigenvalue weighted by atomic mass is 79.9. The summed E-state index contributed by atoms with van der Waals surface area (Å²) in [5.41, 5.74) is 1.49. The number of nitrogens with one attached hydrogen (secondary N) is 1. The molecule has 0 spiro atoms. The van der Waals surface area contributed by atoms with Crippen molar-refractivity contribution in [2.75, 3.05) is 5.32 Å². The van der Waals surface area contributed by atoms with Crippen molar-refractivity contribution >= 4 is 21.6 Å². The van der Waals surface area contributed by atoms with Gasteiger partial charge >= 0.3 is 0 Å². The summed E-state index contributed by atoms with van der Waals surface area (Å²) in [5, 5.41) is 13.1. The Bertz CT molecular complexity index is 324. The Morgan fingerprint density at radius 1 is 1.33 bits per heavy atom. The quantitative estimate of drug-likeness (QED) is 0.884. The maximum absolute atomic E-state index is 9.81. The molecule has 0 aliphatic carbocycles. The highest BCUT2D eigenvalue weighted by molar-refractivity contribution is 9.10. The number of anilines is 1. The normalized spacial score (nSPS) is 13.7. The van der Waals surface area contributed by atoms with Crippen LogP contribution < -0.4 is 5.32 Å². The molecule has 1 aromatic carbocycles.